The molecule has 1 aliphatic rings. The second-order valence-corrected chi connectivity index (χ2v) is 23.5. The van der Waals surface area contributed by atoms with Crippen LogP contribution in [-0.4, -0.2) is 48.4 Å². The van der Waals surface area contributed by atoms with Gasteiger partial charge in [0.1, 0.15) is 0 Å². The van der Waals surface area contributed by atoms with Crippen molar-refractivity contribution in [3.8, 4) is 0 Å². The Hall–Kier alpha value is 0.389. The van der Waals surface area contributed by atoms with Crippen LogP contribution in [0.1, 0.15) is 83.1 Å². The van der Waals surface area contributed by atoms with E-state index < -0.39 is 18.4 Å². The molecule has 0 saturated carbocycles. The zero-order chi connectivity index (χ0) is 18.1. The Balaban J connectivity index is 2.19. The number of unbranched alkanes of at least 4 members (excludes halogenated alkanes) is 3. The third kappa shape index (κ3) is 6.20. The quantitative estimate of drug-likeness (QED) is 0.368. The molecule has 0 aliphatic carbocycles. The fourth-order valence-corrected chi connectivity index (χ4v) is 24.2. The van der Waals surface area contributed by atoms with Gasteiger partial charge in [-0.3, -0.25) is 0 Å². The van der Waals surface area contributed by atoms with Gasteiger partial charge in [-0.2, -0.15) is 0 Å². The van der Waals surface area contributed by atoms with E-state index in [1.807, 2.05) is 2.89 Å². The monoisotopic (exact) mass is 472 g/mol. The number of thiazole rings is 1. The molecule has 1 aliphatic heterocycles. The van der Waals surface area contributed by atoms with E-state index in [1.54, 1.807) is 13.3 Å². The summed E-state index contributed by atoms with van der Waals surface area (Å²) in [4.78, 5) is 7.48. The minimum absolute atomic E-state index is 0.738. The average Bonchev–Trinajstić information content (AvgIpc) is 3.13. The van der Waals surface area contributed by atoms with Gasteiger partial charge in [-0.15, -0.1) is 0 Å². The van der Waals surface area contributed by atoms with E-state index in [2.05, 4.69) is 50.3 Å². The molecule has 144 valence electrons. The molecule has 2 rings (SSSR count). The molecule has 0 bridgehead atoms. The van der Waals surface area contributed by atoms with E-state index in [9.17, 15) is 0 Å². The van der Waals surface area contributed by atoms with Crippen LogP contribution in [0, 0.1) is 0 Å². The second kappa shape index (κ2) is 11.3. The maximum absolute atomic E-state index is 5.01. The zero-order valence-corrected chi connectivity index (χ0v) is 20.8. The summed E-state index contributed by atoms with van der Waals surface area (Å²) in [5, 5.41) is 1.48. The summed E-state index contributed by atoms with van der Waals surface area (Å²) in [5.74, 6) is 0.738. The van der Waals surface area contributed by atoms with Gasteiger partial charge in [0, 0.05) is 0 Å². The van der Waals surface area contributed by atoms with Crippen LogP contribution in [0.4, 0.5) is 0 Å². The van der Waals surface area contributed by atoms with Crippen molar-refractivity contribution in [3.05, 3.63) is 11.2 Å². The Morgan fingerprint density at radius 3 is 2.00 bits per heavy atom. The van der Waals surface area contributed by atoms with Crippen molar-refractivity contribution in [3.63, 3.8) is 0 Å². The van der Waals surface area contributed by atoms with Gasteiger partial charge < -0.3 is 0 Å². The predicted molar refractivity (Wildman–Crippen MR) is 116 cm³/mol. The molecule has 2 nitrogen and oxygen atoms in total. The van der Waals surface area contributed by atoms with Crippen molar-refractivity contribution in [2.45, 2.75) is 91.4 Å². The van der Waals surface area contributed by atoms with Crippen LogP contribution >= 0.6 is 11.3 Å². The van der Waals surface area contributed by atoms with Gasteiger partial charge in [0.05, 0.1) is 0 Å². The van der Waals surface area contributed by atoms with E-state index in [4.69, 9.17) is 4.98 Å². The van der Waals surface area contributed by atoms with E-state index >= 15 is 0 Å². The van der Waals surface area contributed by atoms with Gasteiger partial charge in [0.25, 0.3) is 0 Å². The maximum atomic E-state index is 5.01. The molecule has 0 unspecified atom stereocenters. The normalized spacial score (nSPS) is 17.3. The molecule has 25 heavy (non-hydrogen) atoms. The number of hydrogen-bond donors (Lipinski definition) is 0. The molecule has 4 heteroatoms. The Morgan fingerprint density at radius 2 is 1.52 bits per heavy atom. The third-order valence-corrected chi connectivity index (χ3v) is 25.5. The predicted octanol–water partition coefficient (Wildman–Crippen LogP) is 6.01. The fourth-order valence-electron chi connectivity index (χ4n) is 4.27. The Morgan fingerprint density at radius 1 is 1.00 bits per heavy atom. The van der Waals surface area contributed by atoms with Gasteiger partial charge >= 0.3 is 165 Å². The van der Waals surface area contributed by atoms with Crippen molar-refractivity contribution in [1.29, 1.82) is 0 Å². The molecule has 1 saturated heterocycles. The van der Waals surface area contributed by atoms with Crippen molar-refractivity contribution >= 4 is 32.6 Å². The summed E-state index contributed by atoms with van der Waals surface area (Å²) in [5.41, 5.74) is 0. The summed E-state index contributed by atoms with van der Waals surface area (Å²) in [6.07, 6.45) is 13.4. The van der Waals surface area contributed by atoms with Gasteiger partial charge in [-0.25, -0.2) is 0 Å². The van der Waals surface area contributed by atoms with Gasteiger partial charge in [0.15, 0.2) is 0 Å². The molecule has 0 N–H and O–H groups in total. The first-order valence-corrected chi connectivity index (χ1v) is 19.1. The Bertz CT molecular complexity index is 458. The van der Waals surface area contributed by atoms with Crippen LogP contribution in [-0.2, 0) is 0 Å². The molecule has 0 amide bonds. The molecular formula is C21H40N2SSn. The fraction of sp³-hybridized carbons (Fsp3) is 0.857. The summed E-state index contributed by atoms with van der Waals surface area (Å²) >= 11 is -0.0793. The topological polar surface area (TPSA) is 16.1 Å². The van der Waals surface area contributed by atoms with Crippen LogP contribution in [0.25, 0.3) is 0 Å². The molecule has 1 aromatic rings. The van der Waals surface area contributed by atoms with E-state index in [1.165, 1.54) is 69.5 Å². The second-order valence-electron chi connectivity index (χ2n) is 8.23. The van der Waals surface area contributed by atoms with E-state index in [0.29, 0.717) is 0 Å². The first kappa shape index (κ1) is 21.7. The van der Waals surface area contributed by atoms with Gasteiger partial charge in [-0.1, -0.05) is 0 Å². The standard InChI is InChI=1S/C9H13N2S.3C4H9.Sn/c1-11-5-2-8(3-6-11)9-10-4-7-12-9;3*1-3-4-2;/h4,8H,2-3,5-6H2,1H3;3*1,3-4H2,2H3;. The third-order valence-electron chi connectivity index (χ3n) is 6.14. The van der Waals surface area contributed by atoms with Crippen LogP contribution in [0.15, 0.2) is 6.20 Å². The molecule has 2 heterocycles. The molecule has 1 aromatic heterocycles. The van der Waals surface area contributed by atoms with E-state index in [-0.39, 0.29) is 0 Å². The average molecular weight is 471 g/mol. The van der Waals surface area contributed by atoms with Gasteiger partial charge in [-0.05, 0) is 0 Å². The molecule has 0 radical (unpaired) electrons. The molecule has 0 aromatic carbocycles. The van der Waals surface area contributed by atoms with Gasteiger partial charge in [0.2, 0.25) is 0 Å². The summed E-state index contributed by atoms with van der Waals surface area (Å²) in [6, 6.07) is 0. The van der Waals surface area contributed by atoms with Crippen LogP contribution < -0.4 is 2.89 Å². The van der Waals surface area contributed by atoms with E-state index in [0.717, 1.165) is 5.92 Å². The van der Waals surface area contributed by atoms with Crippen molar-refractivity contribution in [2.75, 3.05) is 20.1 Å². The Kier molecular flexibility index (Phi) is 9.79. The summed E-state index contributed by atoms with van der Waals surface area (Å²) in [7, 11) is 2.26. The van der Waals surface area contributed by atoms with Crippen molar-refractivity contribution in [2.24, 2.45) is 0 Å². The number of likely N-dealkylation sites (tertiary alicyclic amines) is 1. The number of piperidine rings is 1. The molecule has 0 spiro atoms. The molecule has 1 fully saturated rings. The van der Waals surface area contributed by atoms with Crippen LogP contribution in [0.3, 0.4) is 0 Å². The molecule has 0 atom stereocenters. The first-order valence-electron chi connectivity index (χ1n) is 10.8. The van der Waals surface area contributed by atoms with Crippen LogP contribution in [0.5, 0.6) is 0 Å². The number of rotatable bonds is 11. The number of aromatic nitrogens is 1. The first-order chi connectivity index (χ1) is 12.1. The summed E-state index contributed by atoms with van der Waals surface area (Å²) in [6.45, 7) is 9.59. The number of nitrogens with zero attached hydrogens (tertiary/aromatic N) is 2. The SMILES string of the molecule is CCC[CH2][Sn]([CH2]CCC)([CH2]CCC)[c]1cnc(C2CCN(C)CC2)s1. The van der Waals surface area contributed by atoms with Crippen molar-refractivity contribution in [1.82, 2.24) is 9.88 Å². The minimum atomic E-state index is -2.24. The summed E-state index contributed by atoms with van der Waals surface area (Å²) < 4.78 is 6.53. The van der Waals surface area contributed by atoms with Crippen molar-refractivity contribution < 1.29 is 0 Å². The number of hydrogen-bond acceptors (Lipinski definition) is 3. The Labute approximate surface area is 164 Å². The molecular weight excluding hydrogens is 431 g/mol. The zero-order valence-electron chi connectivity index (χ0n) is 17.1. The van der Waals surface area contributed by atoms with Crippen LogP contribution in [0.2, 0.25) is 13.3 Å².